The van der Waals surface area contributed by atoms with Crippen LogP contribution in [0, 0.1) is 0 Å². The monoisotopic (exact) mass is 318 g/mol. The van der Waals surface area contributed by atoms with Crippen molar-refractivity contribution in [2.24, 2.45) is 0 Å². The summed E-state index contributed by atoms with van der Waals surface area (Å²) in [6, 6.07) is 20.6. The van der Waals surface area contributed by atoms with Crippen LogP contribution < -0.4 is 0 Å². The first-order valence-electron chi connectivity index (χ1n) is 6.27. The van der Waals surface area contributed by atoms with Gasteiger partial charge in [0, 0.05) is 16.0 Å². The molecule has 0 N–H and O–H groups in total. The van der Waals surface area contributed by atoms with Gasteiger partial charge in [0.25, 0.3) is 0 Å². The third kappa shape index (κ3) is 2.62. The Hall–Kier alpha value is -1.28. The molecule has 0 aliphatic rings. The Bertz CT molecular complexity index is 688. The highest BCUT2D eigenvalue weighted by atomic mass is 35.5. The van der Waals surface area contributed by atoms with E-state index in [-0.39, 0.29) is 0 Å². The van der Waals surface area contributed by atoms with Crippen molar-refractivity contribution in [2.75, 3.05) is 0 Å². The molecule has 0 unspecified atom stereocenters. The maximum Gasteiger partial charge on any atom is 0.142 e. The van der Waals surface area contributed by atoms with E-state index in [1.165, 1.54) is 11.1 Å². The lowest BCUT2D eigenvalue weighted by Crippen LogP contribution is -1.85. The molecule has 0 saturated carbocycles. The minimum absolute atomic E-state index is 0.507. The Morgan fingerprint density at radius 3 is 1.85 bits per heavy atom. The number of rotatable bonds is 3. The molecule has 0 amide bonds. The van der Waals surface area contributed by atoms with E-state index < -0.39 is 4.84 Å². The first-order chi connectivity index (χ1) is 9.77. The Labute approximate surface area is 132 Å². The molecule has 0 aliphatic heterocycles. The molecule has 0 spiro atoms. The predicted molar refractivity (Wildman–Crippen MR) is 89.6 cm³/mol. The van der Waals surface area contributed by atoms with Crippen molar-refractivity contribution in [1.82, 2.24) is 0 Å². The molecule has 0 fully saturated rings. The van der Waals surface area contributed by atoms with Crippen molar-refractivity contribution >= 4 is 34.5 Å². The quantitative estimate of drug-likeness (QED) is 0.480. The summed E-state index contributed by atoms with van der Waals surface area (Å²) in [7, 11) is 0. The number of thiophene rings is 1. The third-order valence-electron chi connectivity index (χ3n) is 3.16. The topological polar surface area (TPSA) is 0 Å². The van der Waals surface area contributed by atoms with Crippen LogP contribution in [0.15, 0.2) is 66.0 Å². The molecule has 1 aromatic heterocycles. The first-order valence-corrected chi connectivity index (χ1v) is 8.03. The van der Waals surface area contributed by atoms with Gasteiger partial charge in [0.15, 0.2) is 0 Å². The standard InChI is InChI=1S/C17H12Cl2S/c18-17(19)16-15(13-9-5-2-6-10-13)14(11-20-16)12-7-3-1-4-8-12/h1-11,17H. The smallest absolute Gasteiger partial charge is 0.142 e. The Balaban J connectivity index is 2.22. The molecule has 1 heterocycles. The summed E-state index contributed by atoms with van der Waals surface area (Å²) >= 11 is 13.9. The molecule has 3 heteroatoms. The molecule has 0 atom stereocenters. The minimum atomic E-state index is -0.507. The number of benzene rings is 2. The molecule has 2 aromatic carbocycles. The van der Waals surface area contributed by atoms with Crippen molar-refractivity contribution in [3.05, 3.63) is 70.9 Å². The van der Waals surface area contributed by atoms with E-state index in [0.717, 1.165) is 16.0 Å². The summed E-state index contributed by atoms with van der Waals surface area (Å²) in [5.74, 6) is 0. The van der Waals surface area contributed by atoms with E-state index in [1.807, 2.05) is 36.4 Å². The van der Waals surface area contributed by atoms with Gasteiger partial charge in [-0.2, -0.15) is 0 Å². The van der Waals surface area contributed by atoms with Crippen molar-refractivity contribution < 1.29 is 0 Å². The molecular weight excluding hydrogens is 307 g/mol. The number of alkyl halides is 2. The number of halogens is 2. The van der Waals surface area contributed by atoms with Crippen LogP contribution >= 0.6 is 34.5 Å². The van der Waals surface area contributed by atoms with Crippen LogP contribution in [0.2, 0.25) is 0 Å². The second-order valence-corrected chi connectivity index (χ2v) is 6.43. The van der Waals surface area contributed by atoms with Crippen LogP contribution in [-0.2, 0) is 0 Å². The lowest BCUT2D eigenvalue weighted by atomic mass is 9.97. The lowest BCUT2D eigenvalue weighted by Gasteiger charge is -2.09. The van der Waals surface area contributed by atoms with Crippen LogP contribution in [0.25, 0.3) is 22.3 Å². The Morgan fingerprint density at radius 1 is 0.750 bits per heavy atom. The van der Waals surface area contributed by atoms with E-state index in [9.17, 15) is 0 Å². The van der Waals surface area contributed by atoms with Gasteiger partial charge in [0.05, 0.1) is 0 Å². The second-order valence-electron chi connectivity index (χ2n) is 4.42. The van der Waals surface area contributed by atoms with Crippen LogP contribution in [0.3, 0.4) is 0 Å². The molecule has 0 bridgehead atoms. The summed E-state index contributed by atoms with van der Waals surface area (Å²) in [5, 5.41) is 2.13. The lowest BCUT2D eigenvalue weighted by molar-refractivity contribution is 1.44. The number of hydrogen-bond acceptors (Lipinski definition) is 1. The van der Waals surface area contributed by atoms with Gasteiger partial charge in [-0.15, -0.1) is 11.3 Å². The van der Waals surface area contributed by atoms with Crippen molar-refractivity contribution in [2.45, 2.75) is 4.84 Å². The van der Waals surface area contributed by atoms with Gasteiger partial charge in [-0.3, -0.25) is 0 Å². The maximum atomic E-state index is 6.13. The highest BCUT2D eigenvalue weighted by Gasteiger charge is 2.18. The number of hydrogen-bond donors (Lipinski definition) is 0. The molecule has 0 nitrogen and oxygen atoms in total. The zero-order valence-electron chi connectivity index (χ0n) is 10.6. The Morgan fingerprint density at radius 2 is 1.30 bits per heavy atom. The van der Waals surface area contributed by atoms with E-state index >= 15 is 0 Å². The molecule has 3 aromatic rings. The summed E-state index contributed by atoms with van der Waals surface area (Å²) < 4.78 is 0. The van der Waals surface area contributed by atoms with Crippen LogP contribution in [-0.4, -0.2) is 0 Å². The van der Waals surface area contributed by atoms with Crippen molar-refractivity contribution in [3.63, 3.8) is 0 Å². The SMILES string of the molecule is ClC(Cl)c1scc(-c2ccccc2)c1-c1ccccc1. The Kier molecular flexibility index (Phi) is 4.11. The molecule has 0 saturated heterocycles. The second kappa shape index (κ2) is 6.01. The average Bonchev–Trinajstić information content (AvgIpc) is 2.94. The summed E-state index contributed by atoms with van der Waals surface area (Å²) in [6.45, 7) is 0. The fourth-order valence-corrected chi connectivity index (χ4v) is 3.74. The summed E-state index contributed by atoms with van der Waals surface area (Å²) in [4.78, 5) is 0.492. The first kappa shape index (κ1) is 13.7. The van der Waals surface area contributed by atoms with Gasteiger partial charge in [0.2, 0.25) is 0 Å². The van der Waals surface area contributed by atoms with Crippen molar-refractivity contribution in [3.8, 4) is 22.3 Å². The van der Waals surface area contributed by atoms with Crippen LogP contribution in [0.5, 0.6) is 0 Å². The molecule has 0 radical (unpaired) electrons. The largest absolute Gasteiger partial charge is 0.145 e. The molecule has 0 aliphatic carbocycles. The zero-order valence-corrected chi connectivity index (χ0v) is 12.9. The van der Waals surface area contributed by atoms with Gasteiger partial charge in [-0.1, -0.05) is 83.9 Å². The van der Waals surface area contributed by atoms with Gasteiger partial charge < -0.3 is 0 Å². The van der Waals surface area contributed by atoms with Gasteiger partial charge >= 0.3 is 0 Å². The maximum absolute atomic E-state index is 6.13. The highest BCUT2D eigenvalue weighted by molar-refractivity contribution is 7.11. The third-order valence-corrected chi connectivity index (χ3v) is 4.91. The molecule has 100 valence electrons. The van der Waals surface area contributed by atoms with Gasteiger partial charge in [0.1, 0.15) is 4.84 Å². The van der Waals surface area contributed by atoms with E-state index in [2.05, 4.69) is 29.6 Å². The minimum Gasteiger partial charge on any atom is -0.145 e. The molecule has 3 rings (SSSR count). The van der Waals surface area contributed by atoms with Crippen LogP contribution in [0.1, 0.15) is 9.71 Å². The van der Waals surface area contributed by atoms with Gasteiger partial charge in [-0.25, -0.2) is 0 Å². The van der Waals surface area contributed by atoms with E-state index in [0.29, 0.717) is 0 Å². The predicted octanol–water partition coefficient (Wildman–Crippen LogP) is 6.56. The fourth-order valence-electron chi connectivity index (χ4n) is 2.27. The fraction of sp³-hybridized carbons (Fsp3) is 0.0588. The van der Waals surface area contributed by atoms with E-state index in [1.54, 1.807) is 11.3 Å². The summed E-state index contributed by atoms with van der Waals surface area (Å²) in [6.07, 6.45) is 0. The average molecular weight is 319 g/mol. The highest BCUT2D eigenvalue weighted by Crippen LogP contribution is 2.44. The van der Waals surface area contributed by atoms with E-state index in [4.69, 9.17) is 23.2 Å². The van der Waals surface area contributed by atoms with Gasteiger partial charge in [-0.05, 0) is 16.5 Å². The van der Waals surface area contributed by atoms with Crippen molar-refractivity contribution in [1.29, 1.82) is 0 Å². The molecular formula is C17H12Cl2S. The normalized spacial score (nSPS) is 10.9. The summed E-state index contributed by atoms with van der Waals surface area (Å²) in [5.41, 5.74) is 4.65. The zero-order chi connectivity index (χ0) is 13.9. The van der Waals surface area contributed by atoms with Crippen LogP contribution in [0.4, 0.5) is 0 Å². The molecule has 20 heavy (non-hydrogen) atoms.